The third-order valence-corrected chi connectivity index (χ3v) is 3.41. The van der Waals surface area contributed by atoms with Crippen LogP contribution in [0.2, 0.25) is 0 Å². The van der Waals surface area contributed by atoms with Gasteiger partial charge in [-0.3, -0.25) is 4.79 Å². The Kier molecular flexibility index (Phi) is 2.75. The average Bonchev–Trinajstić information content (AvgIpc) is 2.89. The molecule has 0 unspecified atom stereocenters. The standard InChI is InChI=1S/C16H15NO2/c1-10-5-6-14(17)13(9-10)15(18)12-4-2-3-11-7-8-19-16(11)12/h2-6,9H,7-8,17H2,1H3. The van der Waals surface area contributed by atoms with Crippen molar-refractivity contribution in [2.24, 2.45) is 0 Å². The highest BCUT2D eigenvalue weighted by molar-refractivity contribution is 6.14. The largest absolute Gasteiger partial charge is 0.492 e. The van der Waals surface area contributed by atoms with E-state index in [2.05, 4.69) is 0 Å². The second kappa shape index (κ2) is 4.43. The minimum atomic E-state index is -0.0695. The van der Waals surface area contributed by atoms with Crippen molar-refractivity contribution in [1.82, 2.24) is 0 Å². The number of rotatable bonds is 2. The average molecular weight is 253 g/mol. The van der Waals surface area contributed by atoms with Crippen LogP contribution in [-0.2, 0) is 6.42 Å². The summed E-state index contributed by atoms with van der Waals surface area (Å²) in [5.74, 6) is 0.647. The number of ketones is 1. The third kappa shape index (κ3) is 1.97. The maximum Gasteiger partial charge on any atom is 0.198 e. The first kappa shape index (κ1) is 11.8. The fourth-order valence-electron chi connectivity index (χ4n) is 2.41. The Morgan fingerprint density at radius 3 is 2.89 bits per heavy atom. The van der Waals surface area contributed by atoms with Crippen molar-refractivity contribution in [2.75, 3.05) is 12.3 Å². The van der Waals surface area contributed by atoms with Gasteiger partial charge >= 0.3 is 0 Å². The highest BCUT2D eigenvalue weighted by atomic mass is 16.5. The van der Waals surface area contributed by atoms with E-state index in [1.807, 2.05) is 31.2 Å². The molecule has 0 saturated heterocycles. The fourth-order valence-corrected chi connectivity index (χ4v) is 2.41. The number of hydrogen-bond donors (Lipinski definition) is 1. The number of carbonyl (C=O) groups excluding carboxylic acids is 1. The van der Waals surface area contributed by atoms with Gasteiger partial charge in [0.1, 0.15) is 5.75 Å². The number of anilines is 1. The summed E-state index contributed by atoms with van der Waals surface area (Å²) >= 11 is 0. The molecule has 0 amide bonds. The van der Waals surface area contributed by atoms with Gasteiger partial charge in [-0.25, -0.2) is 0 Å². The summed E-state index contributed by atoms with van der Waals surface area (Å²) in [4.78, 5) is 12.6. The maximum absolute atomic E-state index is 12.6. The van der Waals surface area contributed by atoms with Crippen molar-refractivity contribution in [3.8, 4) is 5.75 Å². The van der Waals surface area contributed by atoms with Crippen LogP contribution in [0.15, 0.2) is 36.4 Å². The van der Waals surface area contributed by atoms with Gasteiger partial charge in [0.15, 0.2) is 5.78 Å². The molecule has 3 heteroatoms. The fraction of sp³-hybridized carbons (Fsp3) is 0.188. The van der Waals surface area contributed by atoms with Crippen LogP contribution in [0.5, 0.6) is 5.75 Å². The zero-order valence-electron chi connectivity index (χ0n) is 10.8. The molecule has 3 nitrogen and oxygen atoms in total. The van der Waals surface area contributed by atoms with Crippen molar-refractivity contribution in [3.63, 3.8) is 0 Å². The van der Waals surface area contributed by atoms with Crippen molar-refractivity contribution in [3.05, 3.63) is 58.7 Å². The summed E-state index contributed by atoms with van der Waals surface area (Å²) in [6.45, 7) is 2.59. The van der Waals surface area contributed by atoms with E-state index in [0.29, 0.717) is 29.2 Å². The highest BCUT2D eigenvalue weighted by Gasteiger charge is 2.22. The van der Waals surface area contributed by atoms with Crippen LogP contribution in [0, 0.1) is 6.92 Å². The smallest absolute Gasteiger partial charge is 0.198 e. The highest BCUT2D eigenvalue weighted by Crippen LogP contribution is 2.32. The molecule has 0 fully saturated rings. The van der Waals surface area contributed by atoms with Gasteiger partial charge in [0.25, 0.3) is 0 Å². The van der Waals surface area contributed by atoms with Gasteiger partial charge < -0.3 is 10.5 Å². The van der Waals surface area contributed by atoms with Crippen LogP contribution in [0.3, 0.4) is 0 Å². The molecule has 0 bridgehead atoms. The molecule has 2 N–H and O–H groups in total. The molecule has 2 aromatic rings. The monoisotopic (exact) mass is 253 g/mol. The van der Waals surface area contributed by atoms with E-state index in [4.69, 9.17) is 10.5 Å². The first-order valence-corrected chi connectivity index (χ1v) is 6.32. The van der Waals surface area contributed by atoms with Crippen molar-refractivity contribution < 1.29 is 9.53 Å². The first-order valence-electron chi connectivity index (χ1n) is 6.32. The van der Waals surface area contributed by atoms with Crippen molar-refractivity contribution in [1.29, 1.82) is 0 Å². The summed E-state index contributed by atoms with van der Waals surface area (Å²) < 4.78 is 5.58. The first-order chi connectivity index (χ1) is 9.16. The number of ether oxygens (including phenoxy) is 1. The Labute approximate surface area is 112 Å². The molecule has 1 aliphatic heterocycles. The number of benzene rings is 2. The number of carbonyl (C=O) groups is 1. The van der Waals surface area contributed by atoms with Crippen molar-refractivity contribution >= 4 is 11.5 Å². The Bertz CT molecular complexity index is 662. The van der Waals surface area contributed by atoms with Gasteiger partial charge in [-0.2, -0.15) is 0 Å². The molecular formula is C16H15NO2. The Hall–Kier alpha value is -2.29. The van der Waals surface area contributed by atoms with Crippen molar-refractivity contribution in [2.45, 2.75) is 13.3 Å². The van der Waals surface area contributed by atoms with Crippen LogP contribution in [0.1, 0.15) is 27.0 Å². The molecule has 0 saturated carbocycles. The SMILES string of the molecule is Cc1ccc(N)c(C(=O)c2cccc3c2OCC3)c1. The topological polar surface area (TPSA) is 52.3 Å². The molecule has 1 aliphatic rings. The van der Waals surface area contributed by atoms with E-state index in [0.717, 1.165) is 17.5 Å². The second-order valence-corrected chi connectivity index (χ2v) is 4.81. The maximum atomic E-state index is 12.6. The zero-order chi connectivity index (χ0) is 13.4. The molecule has 19 heavy (non-hydrogen) atoms. The number of nitrogens with two attached hydrogens (primary N) is 1. The van der Waals surface area contributed by atoms with Gasteiger partial charge in [-0.05, 0) is 30.7 Å². The van der Waals surface area contributed by atoms with Gasteiger partial charge in [0.2, 0.25) is 0 Å². The Morgan fingerprint density at radius 2 is 2.05 bits per heavy atom. The zero-order valence-corrected chi connectivity index (χ0v) is 10.8. The minimum Gasteiger partial charge on any atom is -0.492 e. The number of nitrogen functional groups attached to an aromatic ring is 1. The van der Waals surface area contributed by atoms with E-state index in [9.17, 15) is 4.79 Å². The molecule has 2 aromatic carbocycles. The number of para-hydroxylation sites is 1. The summed E-state index contributed by atoms with van der Waals surface area (Å²) in [5.41, 5.74) is 9.68. The van der Waals surface area contributed by atoms with Gasteiger partial charge in [-0.1, -0.05) is 23.8 Å². The molecule has 1 heterocycles. The molecule has 0 spiro atoms. The molecule has 0 aromatic heterocycles. The number of aryl methyl sites for hydroxylation is 1. The molecule has 0 atom stereocenters. The summed E-state index contributed by atoms with van der Waals surface area (Å²) in [6, 6.07) is 11.2. The number of hydrogen-bond acceptors (Lipinski definition) is 3. The van der Waals surface area contributed by atoms with Gasteiger partial charge in [-0.15, -0.1) is 0 Å². The molecule has 3 rings (SSSR count). The lowest BCUT2D eigenvalue weighted by Crippen LogP contribution is -2.07. The predicted molar refractivity (Wildman–Crippen MR) is 74.7 cm³/mol. The van der Waals surface area contributed by atoms with Crippen LogP contribution in [0.25, 0.3) is 0 Å². The summed E-state index contributed by atoms with van der Waals surface area (Å²) in [5, 5.41) is 0. The minimum absolute atomic E-state index is 0.0695. The lowest BCUT2D eigenvalue weighted by atomic mass is 9.97. The van der Waals surface area contributed by atoms with Gasteiger partial charge in [0, 0.05) is 17.7 Å². The Morgan fingerprint density at radius 1 is 1.21 bits per heavy atom. The Balaban J connectivity index is 2.10. The lowest BCUT2D eigenvalue weighted by molar-refractivity contribution is 0.103. The van der Waals surface area contributed by atoms with E-state index >= 15 is 0 Å². The predicted octanol–water partition coefficient (Wildman–Crippen LogP) is 2.74. The number of fused-ring (bicyclic) bond motifs is 1. The normalized spacial score (nSPS) is 12.9. The molecule has 96 valence electrons. The van der Waals surface area contributed by atoms with E-state index < -0.39 is 0 Å². The molecule has 0 aliphatic carbocycles. The van der Waals surface area contributed by atoms with Crippen LogP contribution in [0.4, 0.5) is 5.69 Å². The van der Waals surface area contributed by atoms with Crippen LogP contribution < -0.4 is 10.5 Å². The van der Waals surface area contributed by atoms with E-state index in [1.165, 1.54) is 0 Å². The lowest BCUT2D eigenvalue weighted by Gasteiger charge is -2.09. The third-order valence-electron chi connectivity index (χ3n) is 3.41. The van der Waals surface area contributed by atoms with E-state index in [1.54, 1.807) is 12.1 Å². The van der Waals surface area contributed by atoms with E-state index in [-0.39, 0.29) is 5.78 Å². The van der Waals surface area contributed by atoms with Crippen LogP contribution >= 0.6 is 0 Å². The summed E-state index contributed by atoms with van der Waals surface area (Å²) in [6.07, 6.45) is 0.861. The molecular weight excluding hydrogens is 238 g/mol. The molecule has 0 radical (unpaired) electrons. The van der Waals surface area contributed by atoms with Gasteiger partial charge in [0.05, 0.1) is 12.2 Å². The van der Waals surface area contributed by atoms with Crippen LogP contribution in [-0.4, -0.2) is 12.4 Å². The second-order valence-electron chi connectivity index (χ2n) is 4.81. The quantitative estimate of drug-likeness (QED) is 0.661. The summed E-state index contributed by atoms with van der Waals surface area (Å²) in [7, 11) is 0.